The zero-order chi connectivity index (χ0) is 9.56. The summed E-state index contributed by atoms with van der Waals surface area (Å²) < 4.78 is 0. The van der Waals surface area contributed by atoms with Crippen molar-refractivity contribution in [2.24, 2.45) is 11.8 Å². The topological polar surface area (TPSA) is 20.2 Å². The Kier molecular flexibility index (Phi) is 5.87. The first-order valence-electron chi connectivity index (χ1n) is 5.00. The molecule has 0 aromatic heterocycles. The van der Waals surface area contributed by atoms with Crippen LogP contribution >= 0.6 is 0 Å². The van der Waals surface area contributed by atoms with Crippen molar-refractivity contribution in [3.8, 4) is 0 Å². The van der Waals surface area contributed by atoms with Crippen molar-refractivity contribution in [2.75, 3.05) is 0 Å². The fourth-order valence-corrected chi connectivity index (χ4v) is 0.899. The third kappa shape index (κ3) is 4.42. The van der Waals surface area contributed by atoms with Crippen LogP contribution in [0.25, 0.3) is 0 Å². The highest BCUT2D eigenvalue weighted by atomic mass is 16.3. The summed E-state index contributed by atoms with van der Waals surface area (Å²) in [7, 11) is 0. The monoisotopic (exact) mass is 170 g/mol. The van der Waals surface area contributed by atoms with Crippen LogP contribution in [0, 0.1) is 11.8 Å². The molecule has 0 fully saturated rings. The van der Waals surface area contributed by atoms with Gasteiger partial charge in [-0.15, -0.1) is 0 Å². The first kappa shape index (κ1) is 11.5. The second-order valence-electron chi connectivity index (χ2n) is 3.69. The molecule has 0 spiro atoms. The van der Waals surface area contributed by atoms with Crippen molar-refractivity contribution in [1.82, 2.24) is 0 Å². The molecule has 0 aliphatic heterocycles. The molecule has 0 saturated heterocycles. The average Bonchev–Trinajstić information content (AvgIpc) is 2.11. The molecule has 1 heteroatoms. The Morgan fingerprint density at radius 3 is 2.25 bits per heavy atom. The number of hydrogen-bond donors (Lipinski definition) is 1. The first-order valence-corrected chi connectivity index (χ1v) is 5.00. The second kappa shape index (κ2) is 6.10. The maximum atomic E-state index is 9.52. The molecule has 0 aromatic rings. The smallest absolute Gasteiger partial charge is 0.0910 e. The van der Waals surface area contributed by atoms with Crippen LogP contribution in [0.2, 0.25) is 0 Å². The van der Waals surface area contributed by atoms with Gasteiger partial charge in [-0.2, -0.15) is 0 Å². The van der Waals surface area contributed by atoms with Gasteiger partial charge in [-0.05, 0) is 24.8 Å². The van der Waals surface area contributed by atoms with Crippen molar-refractivity contribution in [1.29, 1.82) is 0 Å². The van der Waals surface area contributed by atoms with E-state index in [4.69, 9.17) is 0 Å². The van der Waals surface area contributed by atoms with Crippen LogP contribution < -0.4 is 0 Å². The highest BCUT2D eigenvalue weighted by Crippen LogP contribution is 2.14. The van der Waals surface area contributed by atoms with Gasteiger partial charge in [0.15, 0.2) is 0 Å². The molecule has 1 N–H and O–H groups in total. The van der Waals surface area contributed by atoms with Gasteiger partial charge in [0.05, 0.1) is 5.76 Å². The summed E-state index contributed by atoms with van der Waals surface area (Å²) in [6, 6.07) is 0. The molecule has 0 aliphatic rings. The Labute approximate surface area is 76.5 Å². The predicted molar refractivity (Wildman–Crippen MR) is 54.2 cm³/mol. The summed E-state index contributed by atoms with van der Waals surface area (Å²) in [5.74, 6) is 1.59. The minimum absolute atomic E-state index is 0.328. The van der Waals surface area contributed by atoms with E-state index in [9.17, 15) is 5.11 Å². The van der Waals surface area contributed by atoms with Crippen LogP contribution in [0.3, 0.4) is 0 Å². The van der Waals surface area contributed by atoms with Crippen molar-refractivity contribution < 1.29 is 5.11 Å². The molecule has 0 heterocycles. The molecule has 2 atom stereocenters. The lowest BCUT2D eigenvalue weighted by Crippen LogP contribution is -1.98. The van der Waals surface area contributed by atoms with Crippen molar-refractivity contribution in [3.05, 3.63) is 11.8 Å². The summed E-state index contributed by atoms with van der Waals surface area (Å²) in [6.45, 7) is 8.54. The summed E-state index contributed by atoms with van der Waals surface area (Å²) in [5.41, 5.74) is 0. The van der Waals surface area contributed by atoms with Crippen molar-refractivity contribution in [2.45, 2.75) is 47.0 Å². The Balaban J connectivity index is 3.83. The van der Waals surface area contributed by atoms with E-state index in [0.717, 1.165) is 12.8 Å². The van der Waals surface area contributed by atoms with Crippen molar-refractivity contribution >= 4 is 0 Å². The van der Waals surface area contributed by atoms with Crippen LogP contribution in [-0.2, 0) is 0 Å². The fourth-order valence-electron chi connectivity index (χ4n) is 0.899. The van der Waals surface area contributed by atoms with Crippen LogP contribution in [0.5, 0.6) is 0 Å². The van der Waals surface area contributed by atoms with E-state index >= 15 is 0 Å². The Hall–Kier alpha value is -0.460. The second-order valence-corrected chi connectivity index (χ2v) is 3.69. The minimum atomic E-state index is 0.328. The summed E-state index contributed by atoms with van der Waals surface area (Å²) >= 11 is 0. The van der Waals surface area contributed by atoms with E-state index in [1.165, 1.54) is 6.42 Å². The Morgan fingerprint density at radius 2 is 1.83 bits per heavy atom. The summed E-state index contributed by atoms with van der Waals surface area (Å²) in [4.78, 5) is 0. The molecular weight excluding hydrogens is 148 g/mol. The summed E-state index contributed by atoms with van der Waals surface area (Å²) in [5, 5.41) is 9.52. The molecular formula is C11H22O. The number of allylic oxidation sites excluding steroid dienone is 2. The molecule has 0 saturated carbocycles. The van der Waals surface area contributed by atoms with Gasteiger partial charge in [0.25, 0.3) is 0 Å². The predicted octanol–water partition coefficient (Wildman–Crippen LogP) is 3.91. The molecule has 1 nitrogen and oxygen atoms in total. The van der Waals surface area contributed by atoms with Gasteiger partial charge in [-0.1, -0.05) is 34.1 Å². The van der Waals surface area contributed by atoms with E-state index in [1.807, 2.05) is 6.08 Å². The Bertz CT molecular complexity index is 138. The standard InChI is InChI=1S/C11H22O/c1-5-9(3)7-8-11(12)10(4)6-2/h8-10,12H,5-7H2,1-4H3/b11-8-. The van der Waals surface area contributed by atoms with Crippen LogP contribution in [0.15, 0.2) is 11.8 Å². The average molecular weight is 170 g/mol. The molecule has 0 bridgehead atoms. The van der Waals surface area contributed by atoms with Gasteiger partial charge in [0.1, 0.15) is 0 Å². The molecule has 0 amide bonds. The molecule has 2 unspecified atom stereocenters. The minimum Gasteiger partial charge on any atom is -0.512 e. The lowest BCUT2D eigenvalue weighted by atomic mass is 10.0. The molecule has 0 aromatic carbocycles. The zero-order valence-corrected chi connectivity index (χ0v) is 8.80. The highest BCUT2D eigenvalue weighted by molar-refractivity contribution is 4.95. The molecule has 0 rings (SSSR count). The zero-order valence-electron chi connectivity index (χ0n) is 8.80. The van der Waals surface area contributed by atoms with E-state index < -0.39 is 0 Å². The van der Waals surface area contributed by atoms with Crippen LogP contribution in [0.4, 0.5) is 0 Å². The van der Waals surface area contributed by atoms with Gasteiger partial charge < -0.3 is 5.11 Å². The van der Waals surface area contributed by atoms with E-state index in [-0.39, 0.29) is 0 Å². The van der Waals surface area contributed by atoms with E-state index in [1.54, 1.807) is 0 Å². The maximum absolute atomic E-state index is 9.52. The lowest BCUT2D eigenvalue weighted by Gasteiger charge is -2.09. The number of aliphatic hydroxyl groups excluding tert-OH is 1. The molecule has 12 heavy (non-hydrogen) atoms. The van der Waals surface area contributed by atoms with Gasteiger partial charge in [-0.25, -0.2) is 0 Å². The number of rotatable bonds is 5. The Morgan fingerprint density at radius 1 is 1.25 bits per heavy atom. The molecule has 0 radical (unpaired) electrons. The number of aliphatic hydroxyl groups is 1. The first-order chi connectivity index (χ1) is 5.61. The normalized spacial score (nSPS) is 17.5. The quantitative estimate of drug-likeness (QED) is 0.620. The van der Waals surface area contributed by atoms with Gasteiger partial charge in [0, 0.05) is 5.92 Å². The SMILES string of the molecule is CCC(C)C/C=C(\O)C(C)CC. The third-order valence-electron chi connectivity index (χ3n) is 2.54. The lowest BCUT2D eigenvalue weighted by molar-refractivity contribution is 0.331. The van der Waals surface area contributed by atoms with Crippen LogP contribution in [0.1, 0.15) is 47.0 Å². The van der Waals surface area contributed by atoms with Crippen LogP contribution in [-0.4, -0.2) is 5.11 Å². The van der Waals surface area contributed by atoms with Crippen molar-refractivity contribution in [3.63, 3.8) is 0 Å². The van der Waals surface area contributed by atoms with E-state index in [0.29, 0.717) is 17.6 Å². The van der Waals surface area contributed by atoms with E-state index in [2.05, 4.69) is 27.7 Å². The summed E-state index contributed by atoms with van der Waals surface area (Å²) in [6.07, 6.45) is 5.18. The molecule has 72 valence electrons. The van der Waals surface area contributed by atoms with Gasteiger partial charge in [-0.3, -0.25) is 0 Å². The third-order valence-corrected chi connectivity index (χ3v) is 2.54. The van der Waals surface area contributed by atoms with Gasteiger partial charge >= 0.3 is 0 Å². The van der Waals surface area contributed by atoms with Gasteiger partial charge in [0.2, 0.25) is 0 Å². The highest BCUT2D eigenvalue weighted by Gasteiger charge is 2.04. The number of hydrogen-bond acceptors (Lipinski definition) is 1. The fraction of sp³-hybridized carbons (Fsp3) is 0.818. The largest absolute Gasteiger partial charge is 0.512 e. The maximum Gasteiger partial charge on any atom is 0.0910 e. The molecule has 0 aliphatic carbocycles.